The number of nitrogens with zero attached hydrogens (tertiary/aromatic N) is 1. The summed E-state index contributed by atoms with van der Waals surface area (Å²) in [5.74, 6) is 0.620. The van der Waals surface area contributed by atoms with Crippen LogP contribution in [0.25, 0.3) is 16.6 Å². The Kier molecular flexibility index (Phi) is 6.04. The Morgan fingerprint density at radius 2 is 1.84 bits per heavy atom. The average Bonchev–Trinajstić information content (AvgIpc) is 3.05. The van der Waals surface area contributed by atoms with Crippen LogP contribution in [0.15, 0.2) is 54.7 Å². The molecule has 3 rings (SSSR count). The van der Waals surface area contributed by atoms with Gasteiger partial charge in [0.2, 0.25) is 0 Å². The summed E-state index contributed by atoms with van der Waals surface area (Å²) in [6.45, 7) is 2.38. The number of hydrogen-bond acceptors (Lipinski definition) is 3. The van der Waals surface area contributed by atoms with Gasteiger partial charge >= 0.3 is 0 Å². The van der Waals surface area contributed by atoms with Gasteiger partial charge in [0, 0.05) is 23.8 Å². The van der Waals surface area contributed by atoms with Crippen LogP contribution >= 0.6 is 0 Å². The predicted octanol–water partition coefficient (Wildman–Crippen LogP) is 3.51. The molecule has 25 heavy (non-hydrogen) atoms. The molecule has 2 aromatic carbocycles. The first-order valence-corrected chi connectivity index (χ1v) is 8.59. The summed E-state index contributed by atoms with van der Waals surface area (Å²) in [5, 5.41) is 12.9. The van der Waals surface area contributed by atoms with E-state index in [4.69, 9.17) is 9.84 Å². The molecule has 0 bridgehead atoms. The van der Waals surface area contributed by atoms with Crippen molar-refractivity contribution in [1.29, 1.82) is 0 Å². The van der Waals surface area contributed by atoms with Crippen molar-refractivity contribution in [1.82, 2.24) is 9.88 Å². The number of fused-ring (bicyclic) bond motifs is 1. The number of unbranched alkanes of at least 4 members (excludes halogenated alkanes) is 1. The fourth-order valence-corrected chi connectivity index (χ4v) is 2.78. The van der Waals surface area contributed by atoms with Crippen LogP contribution in [0, 0.1) is 5.82 Å². The molecule has 0 saturated heterocycles. The summed E-state index contributed by atoms with van der Waals surface area (Å²) in [6.07, 6.45) is 3.96. The van der Waals surface area contributed by atoms with Crippen LogP contribution in [-0.2, 0) is 0 Å². The first-order valence-electron chi connectivity index (χ1n) is 8.59. The van der Waals surface area contributed by atoms with Crippen molar-refractivity contribution in [2.24, 2.45) is 0 Å². The molecule has 3 aromatic rings. The highest BCUT2D eigenvalue weighted by Gasteiger charge is 2.05. The van der Waals surface area contributed by atoms with E-state index in [1.54, 1.807) is 12.1 Å². The van der Waals surface area contributed by atoms with Gasteiger partial charge < -0.3 is 19.7 Å². The van der Waals surface area contributed by atoms with Crippen LogP contribution in [0.1, 0.15) is 12.8 Å². The summed E-state index contributed by atoms with van der Waals surface area (Å²) in [6, 6.07) is 14.5. The van der Waals surface area contributed by atoms with Crippen LogP contribution in [0.3, 0.4) is 0 Å². The lowest BCUT2D eigenvalue weighted by atomic mass is 10.2. The van der Waals surface area contributed by atoms with Crippen LogP contribution < -0.4 is 10.1 Å². The monoisotopic (exact) mass is 342 g/mol. The molecule has 0 radical (unpaired) electrons. The lowest BCUT2D eigenvalue weighted by Gasteiger charge is -2.08. The molecule has 0 aliphatic carbocycles. The van der Waals surface area contributed by atoms with Crippen molar-refractivity contribution in [3.63, 3.8) is 0 Å². The van der Waals surface area contributed by atoms with Gasteiger partial charge in [-0.3, -0.25) is 0 Å². The Labute approximate surface area is 146 Å². The number of rotatable bonds is 9. The van der Waals surface area contributed by atoms with Gasteiger partial charge in [0.15, 0.2) is 0 Å². The number of hydrogen-bond donors (Lipinski definition) is 2. The van der Waals surface area contributed by atoms with Gasteiger partial charge in [-0.1, -0.05) is 0 Å². The zero-order valence-electron chi connectivity index (χ0n) is 14.1. The van der Waals surface area contributed by atoms with Gasteiger partial charge in [0.1, 0.15) is 11.6 Å². The number of nitrogens with one attached hydrogen (secondary N) is 1. The second-order valence-electron chi connectivity index (χ2n) is 5.91. The summed E-state index contributed by atoms with van der Waals surface area (Å²) in [4.78, 5) is 0. The average molecular weight is 342 g/mol. The summed E-state index contributed by atoms with van der Waals surface area (Å²) >= 11 is 0. The number of halogens is 1. The number of aliphatic hydroxyl groups is 1. The third-order valence-electron chi connectivity index (χ3n) is 4.07. The maximum atomic E-state index is 13.1. The van der Waals surface area contributed by atoms with Crippen molar-refractivity contribution in [3.05, 3.63) is 60.5 Å². The Balaban J connectivity index is 1.59. The molecular formula is C20H23FN2O2. The van der Waals surface area contributed by atoms with Crippen molar-refractivity contribution < 1.29 is 14.2 Å². The molecule has 1 heterocycles. The molecule has 4 nitrogen and oxygen atoms in total. The molecule has 0 atom stereocenters. The first-order chi connectivity index (χ1) is 12.3. The molecule has 5 heteroatoms. The number of ether oxygens (including phenoxy) is 1. The van der Waals surface area contributed by atoms with E-state index in [-0.39, 0.29) is 12.4 Å². The van der Waals surface area contributed by atoms with E-state index in [2.05, 4.69) is 5.32 Å². The molecule has 0 unspecified atom stereocenters. The fraction of sp³-hybridized carbons (Fsp3) is 0.300. The zero-order valence-corrected chi connectivity index (χ0v) is 14.1. The van der Waals surface area contributed by atoms with E-state index in [1.807, 2.05) is 35.0 Å². The van der Waals surface area contributed by atoms with Gasteiger partial charge in [-0.15, -0.1) is 0 Å². The Morgan fingerprint density at radius 3 is 2.64 bits per heavy atom. The molecule has 0 aliphatic heterocycles. The smallest absolute Gasteiger partial charge is 0.123 e. The molecule has 0 spiro atoms. The van der Waals surface area contributed by atoms with Crippen LogP contribution in [0.2, 0.25) is 0 Å². The predicted molar refractivity (Wildman–Crippen MR) is 97.9 cm³/mol. The summed E-state index contributed by atoms with van der Waals surface area (Å²) in [5.41, 5.74) is 1.99. The molecule has 0 saturated carbocycles. The second-order valence-corrected chi connectivity index (χ2v) is 5.91. The molecule has 0 amide bonds. The normalized spacial score (nSPS) is 11.1. The van der Waals surface area contributed by atoms with E-state index in [9.17, 15) is 4.39 Å². The van der Waals surface area contributed by atoms with Crippen LogP contribution in [0.4, 0.5) is 4.39 Å². The highest BCUT2D eigenvalue weighted by Crippen LogP contribution is 2.25. The Bertz CT molecular complexity index is 799. The number of benzene rings is 2. The van der Waals surface area contributed by atoms with Crippen molar-refractivity contribution >= 4 is 10.9 Å². The van der Waals surface area contributed by atoms with E-state index >= 15 is 0 Å². The maximum absolute atomic E-state index is 13.1. The van der Waals surface area contributed by atoms with E-state index in [1.165, 1.54) is 12.1 Å². The van der Waals surface area contributed by atoms with E-state index in [0.29, 0.717) is 13.2 Å². The lowest BCUT2D eigenvalue weighted by Crippen LogP contribution is -2.19. The quantitative estimate of drug-likeness (QED) is 0.585. The van der Waals surface area contributed by atoms with Crippen LogP contribution in [0.5, 0.6) is 5.75 Å². The maximum Gasteiger partial charge on any atom is 0.123 e. The molecular weight excluding hydrogens is 319 g/mol. The number of aromatic nitrogens is 1. The van der Waals surface area contributed by atoms with Crippen LogP contribution in [-0.4, -0.2) is 36.0 Å². The van der Waals surface area contributed by atoms with Crippen molar-refractivity contribution in [2.75, 3.05) is 26.3 Å². The zero-order chi connectivity index (χ0) is 17.5. The SMILES string of the molecule is OCCNCCCCOc1ccc2c(ccn2-c2ccc(F)cc2)c1. The highest BCUT2D eigenvalue weighted by atomic mass is 19.1. The fourth-order valence-electron chi connectivity index (χ4n) is 2.78. The molecule has 0 fully saturated rings. The summed E-state index contributed by atoms with van der Waals surface area (Å²) < 4.78 is 20.9. The first kappa shape index (κ1) is 17.5. The Hall–Kier alpha value is -2.37. The molecule has 1 aromatic heterocycles. The third kappa shape index (κ3) is 4.59. The van der Waals surface area contributed by atoms with Gasteiger partial charge in [-0.25, -0.2) is 4.39 Å². The van der Waals surface area contributed by atoms with Crippen molar-refractivity contribution in [3.8, 4) is 11.4 Å². The van der Waals surface area contributed by atoms with Gasteiger partial charge in [0.25, 0.3) is 0 Å². The molecule has 132 valence electrons. The topological polar surface area (TPSA) is 46.4 Å². The Morgan fingerprint density at radius 1 is 1.00 bits per heavy atom. The minimum atomic E-state index is -0.234. The minimum Gasteiger partial charge on any atom is -0.494 e. The number of aliphatic hydroxyl groups excluding tert-OH is 1. The third-order valence-corrected chi connectivity index (χ3v) is 4.07. The molecule has 0 aliphatic rings. The standard InChI is InChI=1S/C20H23FN2O2/c21-17-3-5-18(6-4-17)23-12-9-16-15-19(7-8-20(16)23)25-14-2-1-10-22-11-13-24/h3-9,12,15,22,24H,1-2,10-11,13-14H2. The van der Waals surface area contributed by atoms with E-state index < -0.39 is 0 Å². The van der Waals surface area contributed by atoms with Gasteiger partial charge in [-0.05, 0) is 67.9 Å². The molecule has 2 N–H and O–H groups in total. The second kappa shape index (κ2) is 8.65. The van der Waals surface area contributed by atoms with Gasteiger partial charge in [-0.2, -0.15) is 0 Å². The highest BCUT2D eigenvalue weighted by molar-refractivity contribution is 5.83. The minimum absolute atomic E-state index is 0.175. The largest absolute Gasteiger partial charge is 0.494 e. The van der Waals surface area contributed by atoms with E-state index in [0.717, 1.165) is 41.7 Å². The summed E-state index contributed by atoms with van der Waals surface area (Å²) in [7, 11) is 0. The van der Waals surface area contributed by atoms with Gasteiger partial charge in [0.05, 0.1) is 18.7 Å². The lowest BCUT2D eigenvalue weighted by molar-refractivity contribution is 0.286. The van der Waals surface area contributed by atoms with Crippen molar-refractivity contribution in [2.45, 2.75) is 12.8 Å².